The van der Waals surface area contributed by atoms with Gasteiger partial charge < -0.3 is 22.3 Å². The van der Waals surface area contributed by atoms with Crippen molar-refractivity contribution in [1.82, 2.24) is 0 Å². The zero-order valence-electron chi connectivity index (χ0n) is 12.1. The molecule has 1 unspecified atom stereocenters. The maximum absolute atomic E-state index is 11.5. The van der Waals surface area contributed by atoms with Crippen molar-refractivity contribution in [3.8, 4) is 0 Å². The predicted molar refractivity (Wildman–Crippen MR) is 68.0 cm³/mol. The van der Waals surface area contributed by atoms with Crippen molar-refractivity contribution in [3.05, 3.63) is 12.2 Å². The lowest BCUT2D eigenvalue weighted by molar-refractivity contribution is -1.02. The molecule has 0 saturated carbocycles. The van der Waals surface area contributed by atoms with Gasteiger partial charge in [0.15, 0.2) is 0 Å². The Kier molecular flexibility index (Phi) is 8.52. The quantitative estimate of drug-likeness (QED) is 0.283. The van der Waals surface area contributed by atoms with E-state index in [0.717, 1.165) is 13.0 Å². The average Bonchev–Trinajstić information content (AvgIpc) is 2.24. The SMILES string of the molecule is C=C(C)C(=O)OC(C)(O)[N+](CC)(CC)CCC.[Cl-]. The Morgan fingerprint density at radius 1 is 1.33 bits per heavy atom. The summed E-state index contributed by atoms with van der Waals surface area (Å²) >= 11 is 0. The van der Waals surface area contributed by atoms with Crippen LogP contribution in [0, 0.1) is 0 Å². The topological polar surface area (TPSA) is 46.5 Å². The van der Waals surface area contributed by atoms with Crippen molar-refractivity contribution in [2.24, 2.45) is 0 Å². The van der Waals surface area contributed by atoms with Crippen molar-refractivity contribution in [2.45, 2.75) is 47.0 Å². The summed E-state index contributed by atoms with van der Waals surface area (Å²) in [6, 6.07) is 0. The molecule has 0 aliphatic heterocycles. The van der Waals surface area contributed by atoms with E-state index in [-0.39, 0.29) is 12.4 Å². The van der Waals surface area contributed by atoms with Crippen LogP contribution in [0.1, 0.15) is 41.0 Å². The number of esters is 1. The van der Waals surface area contributed by atoms with Gasteiger partial charge in [-0.15, -0.1) is 0 Å². The maximum atomic E-state index is 11.5. The van der Waals surface area contributed by atoms with Crippen LogP contribution in [0.15, 0.2) is 12.2 Å². The number of halogens is 1. The standard InChI is InChI=1S/C13H26NO3.ClH/c1-7-10-14(8-2,9-3)13(6,16)17-12(15)11(4)5;/h16H,4,7-10H2,1-3,5-6H3;1H/q+1;/p-1. The fraction of sp³-hybridized carbons (Fsp3) is 0.769. The molecule has 108 valence electrons. The highest BCUT2D eigenvalue weighted by atomic mass is 35.5. The van der Waals surface area contributed by atoms with Gasteiger partial charge in [0.25, 0.3) is 0 Å². The summed E-state index contributed by atoms with van der Waals surface area (Å²) in [6.45, 7) is 14.9. The largest absolute Gasteiger partial charge is 1.00 e. The number of hydrogen-bond acceptors (Lipinski definition) is 3. The average molecular weight is 280 g/mol. The minimum atomic E-state index is -1.50. The molecular weight excluding hydrogens is 254 g/mol. The molecule has 0 amide bonds. The number of carbonyl (C=O) groups is 1. The third-order valence-electron chi connectivity index (χ3n) is 3.38. The third kappa shape index (κ3) is 4.26. The number of quaternary nitrogens is 1. The molecule has 0 heterocycles. The summed E-state index contributed by atoms with van der Waals surface area (Å²) in [7, 11) is 0. The van der Waals surface area contributed by atoms with Crippen LogP contribution in [0.4, 0.5) is 0 Å². The van der Waals surface area contributed by atoms with E-state index in [9.17, 15) is 9.90 Å². The molecule has 0 saturated heterocycles. The minimum absolute atomic E-state index is 0. The Labute approximate surface area is 117 Å². The van der Waals surface area contributed by atoms with Crippen molar-refractivity contribution < 1.29 is 31.5 Å². The molecule has 0 fully saturated rings. The maximum Gasteiger partial charge on any atom is 0.358 e. The first-order chi connectivity index (χ1) is 7.76. The van der Waals surface area contributed by atoms with Crippen molar-refractivity contribution >= 4 is 5.97 Å². The van der Waals surface area contributed by atoms with Gasteiger partial charge in [0, 0.05) is 5.57 Å². The predicted octanol–water partition coefficient (Wildman–Crippen LogP) is -0.958. The minimum Gasteiger partial charge on any atom is -1.00 e. The van der Waals surface area contributed by atoms with Gasteiger partial charge in [0.2, 0.25) is 0 Å². The molecule has 0 spiro atoms. The van der Waals surface area contributed by atoms with E-state index in [4.69, 9.17) is 4.74 Å². The zero-order valence-corrected chi connectivity index (χ0v) is 12.9. The molecule has 0 aromatic carbocycles. The van der Waals surface area contributed by atoms with Crippen LogP contribution >= 0.6 is 0 Å². The first kappa shape index (κ1) is 19.8. The summed E-state index contributed by atoms with van der Waals surface area (Å²) in [5, 5.41) is 10.5. The normalized spacial score (nSPS) is 14.3. The van der Waals surface area contributed by atoms with Gasteiger partial charge in [-0.1, -0.05) is 13.5 Å². The summed E-state index contributed by atoms with van der Waals surface area (Å²) in [6.07, 6.45) is 0.919. The monoisotopic (exact) mass is 279 g/mol. The first-order valence-corrected chi connectivity index (χ1v) is 6.23. The lowest BCUT2D eigenvalue weighted by Gasteiger charge is -2.45. The van der Waals surface area contributed by atoms with Gasteiger partial charge >= 0.3 is 11.9 Å². The van der Waals surface area contributed by atoms with Gasteiger partial charge in [-0.25, -0.2) is 4.79 Å². The molecule has 0 rings (SSSR count). The molecule has 0 aliphatic rings. The Morgan fingerprint density at radius 3 is 2.06 bits per heavy atom. The van der Waals surface area contributed by atoms with Gasteiger partial charge in [-0.3, -0.25) is 4.48 Å². The molecule has 5 heteroatoms. The van der Waals surface area contributed by atoms with Crippen LogP contribution in [0.25, 0.3) is 0 Å². The molecular formula is C13H26ClNO3. The van der Waals surface area contributed by atoms with E-state index in [1.54, 1.807) is 13.8 Å². The Balaban J connectivity index is 0. The van der Waals surface area contributed by atoms with Crippen molar-refractivity contribution in [3.63, 3.8) is 0 Å². The summed E-state index contributed by atoms with van der Waals surface area (Å²) < 4.78 is 5.54. The number of hydrogen-bond donors (Lipinski definition) is 1. The Morgan fingerprint density at radius 2 is 1.78 bits per heavy atom. The highest BCUT2D eigenvalue weighted by molar-refractivity contribution is 5.87. The summed E-state index contributed by atoms with van der Waals surface area (Å²) in [4.78, 5) is 11.5. The van der Waals surface area contributed by atoms with Crippen LogP contribution in [-0.2, 0) is 9.53 Å². The van der Waals surface area contributed by atoms with E-state index in [1.165, 1.54) is 0 Å². The second-order valence-electron chi connectivity index (χ2n) is 4.60. The van der Waals surface area contributed by atoms with Gasteiger partial charge in [0.1, 0.15) is 0 Å². The van der Waals surface area contributed by atoms with Crippen molar-refractivity contribution in [2.75, 3.05) is 19.6 Å². The van der Waals surface area contributed by atoms with Crippen LogP contribution in [0.3, 0.4) is 0 Å². The molecule has 0 aliphatic carbocycles. The van der Waals surface area contributed by atoms with Gasteiger partial charge in [0.05, 0.1) is 26.6 Å². The van der Waals surface area contributed by atoms with E-state index < -0.39 is 11.9 Å². The lowest BCUT2D eigenvalue weighted by atomic mass is 10.2. The van der Waals surface area contributed by atoms with E-state index in [0.29, 0.717) is 23.1 Å². The smallest absolute Gasteiger partial charge is 0.358 e. The molecule has 0 aromatic rings. The van der Waals surface area contributed by atoms with Crippen molar-refractivity contribution in [1.29, 1.82) is 0 Å². The molecule has 4 nitrogen and oxygen atoms in total. The highest BCUT2D eigenvalue weighted by Gasteiger charge is 2.47. The molecule has 1 N–H and O–H groups in total. The van der Waals surface area contributed by atoms with Crippen LogP contribution in [-0.4, -0.2) is 41.1 Å². The number of nitrogens with zero attached hydrogens (tertiary/aromatic N) is 1. The fourth-order valence-corrected chi connectivity index (χ4v) is 2.12. The summed E-state index contributed by atoms with van der Waals surface area (Å²) in [5.41, 5.74) is 0.298. The summed E-state index contributed by atoms with van der Waals surface area (Å²) in [5.74, 6) is -2.05. The Hall–Kier alpha value is -0.580. The van der Waals surface area contributed by atoms with Gasteiger partial charge in [-0.05, 0) is 27.2 Å². The second kappa shape index (κ2) is 7.77. The molecule has 18 heavy (non-hydrogen) atoms. The number of carbonyl (C=O) groups excluding carboxylic acids is 1. The van der Waals surface area contributed by atoms with E-state index in [2.05, 4.69) is 13.5 Å². The second-order valence-corrected chi connectivity index (χ2v) is 4.60. The molecule has 0 aromatic heterocycles. The van der Waals surface area contributed by atoms with Crippen LogP contribution in [0.5, 0.6) is 0 Å². The van der Waals surface area contributed by atoms with Crippen LogP contribution in [0.2, 0.25) is 0 Å². The van der Waals surface area contributed by atoms with Gasteiger partial charge in [-0.2, -0.15) is 0 Å². The highest BCUT2D eigenvalue weighted by Crippen LogP contribution is 2.25. The number of rotatable bonds is 7. The van der Waals surface area contributed by atoms with E-state index >= 15 is 0 Å². The first-order valence-electron chi connectivity index (χ1n) is 6.23. The number of ether oxygens (including phenoxy) is 1. The molecule has 1 atom stereocenters. The van der Waals surface area contributed by atoms with Crippen LogP contribution < -0.4 is 12.4 Å². The fourth-order valence-electron chi connectivity index (χ4n) is 2.12. The molecule has 0 bridgehead atoms. The van der Waals surface area contributed by atoms with E-state index in [1.807, 2.05) is 13.8 Å². The molecule has 0 radical (unpaired) electrons. The third-order valence-corrected chi connectivity index (χ3v) is 3.38. The lowest BCUT2D eigenvalue weighted by Crippen LogP contribution is -3.00. The Bertz CT molecular complexity index is 286. The zero-order chi connectivity index (χ0) is 13.7. The number of aliphatic hydroxyl groups is 1.